The molecule has 1 aliphatic carbocycles. The van der Waals surface area contributed by atoms with Crippen molar-refractivity contribution in [3.63, 3.8) is 0 Å². The molecule has 0 atom stereocenters. The third kappa shape index (κ3) is 8.25. The zero-order chi connectivity index (χ0) is 16.2. The first kappa shape index (κ1) is 26.9. The van der Waals surface area contributed by atoms with E-state index in [2.05, 4.69) is 5.11 Å². The number of rotatable bonds is 5. The van der Waals surface area contributed by atoms with Gasteiger partial charge >= 0.3 is 59.1 Å². The third-order valence-electron chi connectivity index (χ3n) is 3.63. The number of carbonyl (C=O) groups is 1. The molecule has 0 bridgehead atoms. The number of hydrogen-bond acceptors (Lipinski definition) is 5. The summed E-state index contributed by atoms with van der Waals surface area (Å²) in [4.78, 5) is 10.5. The minimum atomic E-state index is -2.56. The van der Waals surface area contributed by atoms with Crippen LogP contribution in [0.4, 0.5) is 8.78 Å². The van der Waals surface area contributed by atoms with E-state index in [1.165, 1.54) is 0 Å². The van der Waals surface area contributed by atoms with Crippen LogP contribution in [-0.4, -0.2) is 11.9 Å². The van der Waals surface area contributed by atoms with E-state index in [4.69, 9.17) is 10.3 Å². The number of alkyl halides is 2. The fourth-order valence-electron chi connectivity index (χ4n) is 2.39. The number of carboxylic acids is 1. The van der Waals surface area contributed by atoms with Crippen molar-refractivity contribution in [1.29, 1.82) is 0 Å². The van der Waals surface area contributed by atoms with E-state index in [0.717, 1.165) is 5.56 Å². The Labute approximate surface area is 189 Å². The fraction of sp³-hybridized carbons (Fsp3) is 0.400. The Morgan fingerprint density at radius 3 is 2.20 bits per heavy atom. The summed E-state index contributed by atoms with van der Waals surface area (Å²) in [6, 6.07) is 6.61. The Morgan fingerprint density at radius 2 is 1.76 bits per heavy atom. The molecule has 3 N–H and O–H groups in total. The van der Waals surface area contributed by atoms with Crippen molar-refractivity contribution in [1.82, 2.24) is 6.15 Å². The van der Waals surface area contributed by atoms with Crippen LogP contribution in [0.1, 0.15) is 37.2 Å². The molecule has 2 rings (SSSR count). The Morgan fingerprint density at radius 1 is 1.24 bits per heavy atom. The summed E-state index contributed by atoms with van der Waals surface area (Å²) in [6.45, 7) is 0. The quantitative estimate of drug-likeness (QED) is 0.195. The van der Waals surface area contributed by atoms with E-state index in [1.807, 2.05) is 6.26 Å². The first-order valence-electron chi connectivity index (χ1n) is 6.75. The first-order chi connectivity index (χ1) is 10.4. The molecule has 6 nitrogen and oxygen atoms in total. The first-order valence-corrected chi connectivity index (χ1v) is 6.75. The maximum Gasteiger partial charge on any atom is 1.00 e. The molecular weight excluding hydrogens is 354 g/mol. The maximum atomic E-state index is 13.1. The number of carbonyl (C=O) groups excluding carboxylic acids is 1. The predicted octanol–water partition coefficient (Wildman–Crippen LogP) is -3.06. The van der Waals surface area contributed by atoms with Gasteiger partial charge in [-0.2, -0.15) is 0 Å². The molecule has 126 valence electrons. The van der Waals surface area contributed by atoms with E-state index < -0.39 is 17.6 Å². The van der Waals surface area contributed by atoms with Crippen molar-refractivity contribution < 1.29 is 82.5 Å². The second kappa shape index (κ2) is 12.1. The van der Waals surface area contributed by atoms with E-state index in [1.54, 1.807) is 24.3 Å². The summed E-state index contributed by atoms with van der Waals surface area (Å²) in [5.41, 5.74) is 8.46. The second-order valence-electron chi connectivity index (χ2n) is 5.14. The number of carboxylic acid groups (broad SMARTS) is 1. The van der Waals surface area contributed by atoms with Gasteiger partial charge in [-0.15, -0.1) is 0 Å². The smallest absolute Gasteiger partial charge is 0.708 e. The summed E-state index contributed by atoms with van der Waals surface area (Å²) in [5, 5.41) is 12.9. The van der Waals surface area contributed by atoms with Crippen LogP contribution in [0.3, 0.4) is 0 Å². The van der Waals surface area contributed by atoms with Gasteiger partial charge < -0.3 is 31.4 Å². The Bertz CT molecular complexity index is 588. The average molecular weight is 370 g/mol. The van der Waals surface area contributed by atoms with Crippen LogP contribution in [0.15, 0.2) is 35.1 Å². The van der Waals surface area contributed by atoms with E-state index in [-0.39, 0.29) is 89.8 Å². The number of hydrogen-bond donors (Lipinski definition) is 1. The molecule has 0 amide bonds. The minimum absolute atomic E-state index is 0. The number of nitrogens with zero attached hydrogens (tertiary/aromatic N) is 2. The Kier molecular flexibility index (Phi) is 13.0. The largest absolute Gasteiger partial charge is 1.00 e. The zero-order valence-electron chi connectivity index (χ0n) is 14.3. The fourth-order valence-corrected chi connectivity index (χ4v) is 2.39. The van der Waals surface area contributed by atoms with Gasteiger partial charge in [0.05, 0.1) is 0 Å². The van der Waals surface area contributed by atoms with Gasteiger partial charge in [-0.25, -0.2) is 8.78 Å². The molecule has 0 spiro atoms. The molecule has 25 heavy (non-hydrogen) atoms. The third-order valence-corrected chi connectivity index (χ3v) is 3.63. The van der Waals surface area contributed by atoms with Gasteiger partial charge in [0, 0.05) is 24.9 Å². The molecule has 1 aliphatic rings. The van der Waals surface area contributed by atoms with Gasteiger partial charge in [-0.1, -0.05) is 24.3 Å². The van der Waals surface area contributed by atoms with Crippen molar-refractivity contribution in [3.8, 4) is 5.75 Å². The molecule has 1 saturated carbocycles. The molecule has 1 aromatic rings. The molecule has 10 heteroatoms. The van der Waals surface area contributed by atoms with Gasteiger partial charge in [0.25, 0.3) is 0 Å². The van der Waals surface area contributed by atoms with Gasteiger partial charge in [-0.05, 0) is 36.0 Å². The number of benzene rings is 1. The van der Waals surface area contributed by atoms with Crippen LogP contribution in [0.2, 0.25) is 0 Å². The number of halogens is 2. The molecule has 0 saturated heterocycles. The normalized spacial score (nSPS) is 16.5. The average Bonchev–Trinajstić information content (AvgIpc) is 2.48. The van der Waals surface area contributed by atoms with Crippen molar-refractivity contribution in [3.05, 3.63) is 47.3 Å². The van der Waals surface area contributed by atoms with Crippen LogP contribution in [0.25, 0.3) is 5.53 Å². The predicted molar refractivity (Wildman–Crippen MR) is 75.8 cm³/mol. The standard InChI is InChI=1S/C15H14F2N2O3.H3N.2Na/c16-15(17)7-5-11(6-8-15)10-1-3-12(4-2-10)22-9-13(19-18)14(20)21;;;/h1-4,11H,5-8H2,(H,20,21);1H3;;/q-2;;2*+1/p-1. The van der Waals surface area contributed by atoms with Crippen molar-refractivity contribution in [2.45, 2.75) is 37.5 Å². The summed E-state index contributed by atoms with van der Waals surface area (Å²) < 4.78 is 31.2. The van der Waals surface area contributed by atoms with Crippen molar-refractivity contribution >= 4 is 5.97 Å². The SMILES string of the molecule is N.[N-]=NC(=[C-]Oc1ccc(C2CCC(F)(F)CC2)cc1)C(=O)[O-].[Na+].[Na+]. The Balaban J connectivity index is 0. The topological polar surface area (TPSA) is 119 Å². The van der Waals surface area contributed by atoms with Crippen molar-refractivity contribution in [2.75, 3.05) is 0 Å². The van der Waals surface area contributed by atoms with Gasteiger partial charge in [0.1, 0.15) is 0 Å². The molecule has 0 aliphatic heterocycles. The molecule has 0 unspecified atom stereocenters. The van der Waals surface area contributed by atoms with Crippen LogP contribution in [0.5, 0.6) is 5.75 Å². The van der Waals surface area contributed by atoms with Crippen LogP contribution < -0.4 is 75.1 Å². The molecule has 0 heterocycles. The molecule has 1 fully saturated rings. The summed E-state index contributed by atoms with van der Waals surface area (Å²) in [6.07, 6.45) is 2.57. The zero-order valence-corrected chi connectivity index (χ0v) is 18.3. The number of ether oxygens (including phenoxy) is 1. The minimum Gasteiger partial charge on any atom is -0.708 e. The van der Waals surface area contributed by atoms with Crippen LogP contribution >= 0.6 is 0 Å². The second-order valence-corrected chi connectivity index (χ2v) is 5.14. The van der Waals surface area contributed by atoms with Gasteiger partial charge in [0.2, 0.25) is 5.92 Å². The summed E-state index contributed by atoms with van der Waals surface area (Å²) in [7, 11) is 0. The van der Waals surface area contributed by atoms with E-state index in [9.17, 15) is 18.7 Å². The van der Waals surface area contributed by atoms with Crippen LogP contribution in [-0.2, 0) is 4.79 Å². The summed E-state index contributed by atoms with van der Waals surface area (Å²) in [5.74, 6) is -3.91. The Hall–Kier alpha value is -0.350. The molecule has 0 aromatic heterocycles. The van der Waals surface area contributed by atoms with Gasteiger partial charge in [-0.3, -0.25) is 0 Å². The van der Waals surface area contributed by atoms with Crippen LogP contribution in [0, 0.1) is 6.26 Å². The van der Waals surface area contributed by atoms with E-state index in [0.29, 0.717) is 12.8 Å². The van der Waals surface area contributed by atoms with Gasteiger partial charge in [0.15, 0.2) is 0 Å². The van der Waals surface area contributed by atoms with E-state index >= 15 is 0 Å². The summed E-state index contributed by atoms with van der Waals surface area (Å²) >= 11 is 0. The maximum absolute atomic E-state index is 13.1. The van der Waals surface area contributed by atoms with Crippen molar-refractivity contribution in [2.24, 2.45) is 5.11 Å². The number of aliphatic carboxylic acids is 1. The monoisotopic (exact) mass is 370 g/mol. The molecule has 1 aromatic carbocycles. The molecular formula is C15H16F2N3Na2O3-. The molecule has 0 radical (unpaired) electrons.